The fraction of sp³-hybridized carbons (Fsp3) is 0.333. The minimum absolute atomic E-state index is 0.0491. The van der Waals surface area contributed by atoms with Crippen molar-refractivity contribution in [2.24, 2.45) is 0 Å². The first kappa shape index (κ1) is 22.5. The standard InChI is InChI=1S/C27H33N3O/c1-6-29(7-2)24-17-11-21(12-18-24)20-30(25-10-8-9-19-28-25)26(31)22-13-15-23(16-14-22)27(3,4)5/h8-19H,6-7,20H2,1-5H3. The van der Waals surface area contributed by atoms with Gasteiger partial charge in [0.1, 0.15) is 5.82 Å². The van der Waals surface area contributed by atoms with E-state index in [1.807, 2.05) is 42.5 Å². The van der Waals surface area contributed by atoms with Crippen molar-refractivity contribution in [3.05, 3.63) is 89.6 Å². The van der Waals surface area contributed by atoms with E-state index in [9.17, 15) is 4.79 Å². The summed E-state index contributed by atoms with van der Waals surface area (Å²) in [5.74, 6) is 0.604. The minimum Gasteiger partial charge on any atom is -0.372 e. The Morgan fingerprint density at radius 1 is 0.871 bits per heavy atom. The summed E-state index contributed by atoms with van der Waals surface area (Å²) >= 11 is 0. The summed E-state index contributed by atoms with van der Waals surface area (Å²) in [6.45, 7) is 13.2. The first-order chi connectivity index (χ1) is 14.8. The van der Waals surface area contributed by atoms with Gasteiger partial charge in [-0.1, -0.05) is 51.1 Å². The van der Waals surface area contributed by atoms with Gasteiger partial charge in [0, 0.05) is 30.5 Å². The van der Waals surface area contributed by atoms with Gasteiger partial charge in [-0.3, -0.25) is 9.69 Å². The Bertz CT molecular complexity index is 970. The van der Waals surface area contributed by atoms with Crippen LogP contribution in [0.5, 0.6) is 0 Å². The van der Waals surface area contributed by atoms with Gasteiger partial charge in [0.15, 0.2) is 0 Å². The van der Waals surface area contributed by atoms with E-state index in [4.69, 9.17) is 0 Å². The summed E-state index contributed by atoms with van der Waals surface area (Å²) < 4.78 is 0. The van der Waals surface area contributed by atoms with Gasteiger partial charge in [0.25, 0.3) is 5.91 Å². The molecule has 0 atom stereocenters. The van der Waals surface area contributed by atoms with Crippen molar-refractivity contribution in [3.63, 3.8) is 0 Å². The molecule has 3 aromatic rings. The molecule has 0 aliphatic rings. The number of hydrogen-bond acceptors (Lipinski definition) is 3. The lowest BCUT2D eigenvalue weighted by Gasteiger charge is -2.24. The van der Waals surface area contributed by atoms with Crippen LogP contribution in [0.1, 0.15) is 56.1 Å². The van der Waals surface area contributed by atoms with Crippen LogP contribution >= 0.6 is 0 Å². The van der Waals surface area contributed by atoms with Crippen molar-refractivity contribution in [1.82, 2.24) is 4.98 Å². The van der Waals surface area contributed by atoms with E-state index in [1.165, 1.54) is 11.3 Å². The van der Waals surface area contributed by atoms with Gasteiger partial charge in [0.2, 0.25) is 0 Å². The topological polar surface area (TPSA) is 36.4 Å². The molecule has 3 rings (SSSR count). The highest BCUT2D eigenvalue weighted by Crippen LogP contribution is 2.24. The molecule has 0 aliphatic heterocycles. The van der Waals surface area contributed by atoms with E-state index in [1.54, 1.807) is 11.1 Å². The Morgan fingerprint density at radius 3 is 2.03 bits per heavy atom. The number of aromatic nitrogens is 1. The van der Waals surface area contributed by atoms with Crippen LogP contribution in [0.4, 0.5) is 11.5 Å². The number of amides is 1. The van der Waals surface area contributed by atoms with E-state index in [-0.39, 0.29) is 11.3 Å². The molecule has 0 unspecified atom stereocenters. The quantitative estimate of drug-likeness (QED) is 0.470. The number of rotatable bonds is 7. The van der Waals surface area contributed by atoms with Gasteiger partial charge in [-0.2, -0.15) is 0 Å². The van der Waals surface area contributed by atoms with Crippen molar-refractivity contribution in [2.45, 2.75) is 46.6 Å². The maximum absolute atomic E-state index is 13.5. The van der Waals surface area contributed by atoms with Crippen LogP contribution in [0.3, 0.4) is 0 Å². The molecule has 1 heterocycles. The van der Waals surface area contributed by atoms with Crippen LogP contribution in [0, 0.1) is 0 Å². The predicted octanol–water partition coefficient (Wildman–Crippen LogP) is 6.07. The lowest BCUT2D eigenvalue weighted by Crippen LogP contribution is -2.31. The summed E-state index contributed by atoms with van der Waals surface area (Å²) in [4.78, 5) is 22.0. The number of carbonyl (C=O) groups is 1. The number of benzene rings is 2. The fourth-order valence-electron chi connectivity index (χ4n) is 3.62. The summed E-state index contributed by atoms with van der Waals surface area (Å²) in [5.41, 5.74) is 4.19. The Kier molecular flexibility index (Phi) is 7.11. The van der Waals surface area contributed by atoms with Gasteiger partial charge < -0.3 is 4.90 Å². The number of pyridine rings is 1. The van der Waals surface area contributed by atoms with Gasteiger partial charge >= 0.3 is 0 Å². The maximum Gasteiger partial charge on any atom is 0.259 e. The molecule has 0 saturated carbocycles. The molecule has 1 aromatic heterocycles. The van der Waals surface area contributed by atoms with Crippen LogP contribution in [-0.4, -0.2) is 24.0 Å². The van der Waals surface area contributed by atoms with Crippen LogP contribution in [0.15, 0.2) is 72.9 Å². The highest BCUT2D eigenvalue weighted by Gasteiger charge is 2.21. The first-order valence-electron chi connectivity index (χ1n) is 11.0. The normalized spacial score (nSPS) is 11.3. The Labute approximate surface area is 186 Å². The van der Waals surface area contributed by atoms with E-state index in [0.717, 1.165) is 18.7 Å². The average molecular weight is 416 g/mol. The molecule has 0 spiro atoms. The third-order valence-electron chi connectivity index (χ3n) is 5.57. The molecule has 2 aromatic carbocycles. The maximum atomic E-state index is 13.5. The smallest absolute Gasteiger partial charge is 0.259 e. The van der Waals surface area contributed by atoms with E-state index in [0.29, 0.717) is 17.9 Å². The summed E-state index contributed by atoms with van der Waals surface area (Å²) in [6.07, 6.45) is 1.72. The highest BCUT2D eigenvalue weighted by molar-refractivity contribution is 6.05. The second kappa shape index (κ2) is 9.78. The predicted molar refractivity (Wildman–Crippen MR) is 130 cm³/mol. The van der Waals surface area contributed by atoms with Crippen molar-refractivity contribution in [1.29, 1.82) is 0 Å². The summed E-state index contributed by atoms with van der Waals surface area (Å²) in [7, 11) is 0. The number of carbonyl (C=O) groups excluding carboxylic acids is 1. The van der Waals surface area contributed by atoms with E-state index < -0.39 is 0 Å². The van der Waals surface area contributed by atoms with Gasteiger partial charge in [-0.05, 0) is 66.8 Å². The second-order valence-electron chi connectivity index (χ2n) is 8.75. The largest absolute Gasteiger partial charge is 0.372 e. The summed E-state index contributed by atoms with van der Waals surface area (Å²) in [6, 6.07) is 22.0. The molecule has 0 saturated heterocycles. The van der Waals surface area contributed by atoms with Crippen LogP contribution in [0.25, 0.3) is 0 Å². The average Bonchev–Trinajstić information content (AvgIpc) is 2.79. The van der Waals surface area contributed by atoms with Crippen molar-refractivity contribution in [2.75, 3.05) is 22.9 Å². The Balaban J connectivity index is 1.88. The highest BCUT2D eigenvalue weighted by atomic mass is 16.2. The molecule has 0 bridgehead atoms. The van der Waals surface area contributed by atoms with Crippen LogP contribution in [0.2, 0.25) is 0 Å². The van der Waals surface area contributed by atoms with Gasteiger partial charge in [0.05, 0.1) is 6.54 Å². The van der Waals surface area contributed by atoms with Crippen molar-refractivity contribution >= 4 is 17.4 Å². The molecule has 1 amide bonds. The Morgan fingerprint density at radius 2 is 1.52 bits per heavy atom. The molecule has 0 radical (unpaired) electrons. The molecule has 0 aliphatic carbocycles. The van der Waals surface area contributed by atoms with Gasteiger partial charge in [-0.25, -0.2) is 4.98 Å². The molecule has 4 nitrogen and oxygen atoms in total. The zero-order valence-electron chi connectivity index (χ0n) is 19.3. The van der Waals surface area contributed by atoms with Crippen molar-refractivity contribution < 1.29 is 4.79 Å². The second-order valence-corrected chi connectivity index (χ2v) is 8.75. The SMILES string of the molecule is CCN(CC)c1ccc(CN(C(=O)c2ccc(C(C)(C)C)cc2)c2ccccn2)cc1. The third-order valence-corrected chi connectivity index (χ3v) is 5.57. The molecule has 0 fully saturated rings. The fourth-order valence-corrected chi connectivity index (χ4v) is 3.62. The molecular formula is C27H33N3O. The first-order valence-corrected chi connectivity index (χ1v) is 11.0. The molecule has 31 heavy (non-hydrogen) atoms. The monoisotopic (exact) mass is 415 g/mol. The number of nitrogens with zero attached hydrogens (tertiary/aromatic N) is 3. The lowest BCUT2D eigenvalue weighted by atomic mass is 9.86. The molecule has 0 N–H and O–H groups in total. The summed E-state index contributed by atoms with van der Waals surface area (Å²) in [5, 5.41) is 0. The molecule has 4 heteroatoms. The minimum atomic E-state index is -0.0491. The number of hydrogen-bond donors (Lipinski definition) is 0. The van der Waals surface area contributed by atoms with Gasteiger partial charge in [-0.15, -0.1) is 0 Å². The molecule has 162 valence electrons. The van der Waals surface area contributed by atoms with Crippen LogP contribution in [-0.2, 0) is 12.0 Å². The zero-order chi connectivity index (χ0) is 22.4. The van der Waals surface area contributed by atoms with E-state index in [2.05, 4.69) is 68.8 Å². The van der Waals surface area contributed by atoms with Crippen LogP contribution < -0.4 is 9.80 Å². The third kappa shape index (κ3) is 5.52. The van der Waals surface area contributed by atoms with E-state index >= 15 is 0 Å². The lowest BCUT2D eigenvalue weighted by molar-refractivity contribution is 0.0984. The van der Waals surface area contributed by atoms with Crippen molar-refractivity contribution in [3.8, 4) is 0 Å². The zero-order valence-corrected chi connectivity index (χ0v) is 19.3. The Hall–Kier alpha value is -3.14. The number of anilines is 2. The molecular weight excluding hydrogens is 382 g/mol.